The smallest absolute Gasteiger partial charge is 0.133 e. The molecule has 0 bridgehead atoms. The lowest BCUT2D eigenvalue weighted by Gasteiger charge is -2.09. The summed E-state index contributed by atoms with van der Waals surface area (Å²) in [5.74, 6) is 0.681. The van der Waals surface area contributed by atoms with Crippen molar-refractivity contribution >= 4 is 16.7 Å². The normalized spacial score (nSPS) is 12.8. The third kappa shape index (κ3) is 2.81. The Morgan fingerprint density at radius 2 is 2.11 bits per heavy atom. The molecule has 2 heteroatoms. The predicted octanol–water partition coefficient (Wildman–Crippen LogP) is 4.42. The van der Waals surface area contributed by atoms with Crippen LogP contribution in [0.15, 0.2) is 30.5 Å². The molecule has 0 saturated heterocycles. The Kier molecular flexibility index (Phi) is 4.19. The lowest BCUT2D eigenvalue weighted by Crippen LogP contribution is -2.03. The molecule has 0 aliphatic rings. The van der Waals surface area contributed by atoms with E-state index in [1.165, 1.54) is 10.9 Å². The molecule has 0 radical (unpaired) electrons. The minimum atomic E-state index is 0.297. The van der Waals surface area contributed by atoms with Crippen molar-refractivity contribution in [2.75, 3.05) is 0 Å². The average Bonchev–Trinajstić information content (AvgIpc) is 2.80. The highest BCUT2D eigenvalue weighted by Gasteiger charge is 2.14. The van der Waals surface area contributed by atoms with Gasteiger partial charge in [0, 0.05) is 29.9 Å². The maximum Gasteiger partial charge on any atom is 0.133 e. The molecule has 96 valence electrons. The summed E-state index contributed by atoms with van der Waals surface area (Å²) in [5.41, 5.74) is 2.41. The van der Waals surface area contributed by atoms with E-state index < -0.39 is 0 Å². The first-order chi connectivity index (χ1) is 8.72. The second-order valence-corrected chi connectivity index (χ2v) is 5.04. The molecule has 1 heterocycles. The second-order valence-electron chi connectivity index (χ2n) is 5.04. The summed E-state index contributed by atoms with van der Waals surface area (Å²) in [4.78, 5) is 15.1. The second kappa shape index (κ2) is 5.85. The Labute approximate surface area is 108 Å². The molecule has 0 aliphatic carbocycles. The number of hydrogen-bond acceptors (Lipinski definition) is 1. The van der Waals surface area contributed by atoms with Crippen LogP contribution in [0.1, 0.15) is 51.0 Å². The fraction of sp³-hybridized carbons (Fsp3) is 0.438. The Morgan fingerprint density at radius 1 is 1.33 bits per heavy atom. The molecule has 1 unspecified atom stereocenters. The monoisotopic (exact) mass is 243 g/mol. The predicted molar refractivity (Wildman–Crippen MR) is 75.9 cm³/mol. The van der Waals surface area contributed by atoms with E-state index >= 15 is 0 Å². The molecule has 1 atom stereocenters. The fourth-order valence-electron chi connectivity index (χ4n) is 2.43. The summed E-state index contributed by atoms with van der Waals surface area (Å²) in [6.07, 6.45) is 5.53. The molecule has 2 rings (SSSR count). The van der Waals surface area contributed by atoms with E-state index in [2.05, 4.69) is 31.0 Å². The van der Waals surface area contributed by atoms with Crippen LogP contribution in [0.5, 0.6) is 0 Å². The molecule has 1 N–H and O–H groups in total. The molecule has 2 nitrogen and oxygen atoms in total. The number of aromatic nitrogens is 1. The molecular weight excluding hydrogens is 222 g/mol. The van der Waals surface area contributed by atoms with Crippen LogP contribution in [0.4, 0.5) is 0 Å². The largest absolute Gasteiger partial charge is 0.361 e. The Bertz CT molecular complexity index is 527. The van der Waals surface area contributed by atoms with E-state index in [0.717, 1.165) is 24.8 Å². The van der Waals surface area contributed by atoms with Gasteiger partial charge in [-0.3, -0.25) is 4.79 Å². The minimum Gasteiger partial charge on any atom is -0.361 e. The number of H-pyrrole nitrogens is 1. The summed E-state index contributed by atoms with van der Waals surface area (Å²) >= 11 is 0. The van der Waals surface area contributed by atoms with Crippen molar-refractivity contribution in [1.29, 1.82) is 0 Å². The van der Waals surface area contributed by atoms with Crippen molar-refractivity contribution in [2.24, 2.45) is 0 Å². The number of para-hydroxylation sites is 1. The number of nitrogens with one attached hydrogen (secondary N) is 1. The summed E-state index contributed by atoms with van der Waals surface area (Å²) in [6.45, 7) is 4.26. The number of benzene rings is 1. The van der Waals surface area contributed by atoms with Gasteiger partial charge < -0.3 is 4.98 Å². The highest BCUT2D eigenvalue weighted by atomic mass is 16.1. The molecular formula is C16H21NO. The van der Waals surface area contributed by atoms with Gasteiger partial charge in [-0.05, 0) is 24.0 Å². The van der Waals surface area contributed by atoms with Crippen molar-refractivity contribution in [3.05, 3.63) is 36.0 Å². The zero-order valence-electron chi connectivity index (χ0n) is 11.2. The van der Waals surface area contributed by atoms with Gasteiger partial charge in [-0.25, -0.2) is 0 Å². The van der Waals surface area contributed by atoms with E-state index in [0.29, 0.717) is 18.1 Å². The van der Waals surface area contributed by atoms with Crippen LogP contribution in [0.2, 0.25) is 0 Å². The lowest BCUT2D eigenvalue weighted by molar-refractivity contribution is -0.119. The number of aromatic amines is 1. The van der Waals surface area contributed by atoms with Crippen LogP contribution in [0.25, 0.3) is 10.9 Å². The molecule has 1 aromatic carbocycles. The Hall–Kier alpha value is -1.57. The SMILES string of the molecule is CCCCC(=O)CC(C)c1c[nH]c2ccccc12. The number of carbonyl (C=O) groups excluding carboxylic acids is 1. The quantitative estimate of drug-likeness (QED) is 0.800. The standard InChI is InChI=1S/C16H21NO/c1-3-4-7-13(18)10-12(2)15-11-17-16-9-6-5-8-14(15)16/h5-6,8-9,11-12,17H,3-4,7,10H2,1-2H3. The maximum atomic E-state index is 11.8. The fourth-order valence-corrected chi connectivity index (χ4v) is 2.43. The van der Waals surface area contributed by atoms with Crippen molar-refractivity contribution in [3.8, 4) is 0 Å². The van der Waals surface area contributed by atoms with Gasteiger partial charge >= 0.3 is 0 Å². The van der Waals surface area contributed by atoms with Gasteiger partial charge in [-0.1, -0.05) is 38.5 Å². The summed E-state index contributed by atoms with van der Waals surface area (Å²) < 4.78 is 0. The van der Waals surface area contributed by atoms with Gasteiger partial charge in [-0.2, -0.15) is 0 Å². The highest BCUT2D eigenvalue weighted by molar-refractivity contribution is 5.85. The van der Waals surface area contributed by atoms with E-state index in [1.807, 2.05) is 18.3 Å². The summed E-state index contributed by atoms with van der Waals surface area (Å²) in [5, 5.41) is 1.24. The number of rotatable bonds is 6. The molecule has 0 spiro atoms. The van der Waals surface area contributed by atoms with E-state index in [1.54, 1.807) is 0 Å². The zero-order chi connectivity index (χ0) is 13.0. The number of unbranched alkanes of at least 4 members (excludes halogenated alkanes) is 1. The number of ketones is 1. The van der Waals surface area contributed by atoms with Crippen molar-refractivity contribution in [3.63, 3.8) is 0 Å². The first kappa shape index (κ1) is 12.9. The van der Waals surface area contributed by atoms with Crippen LogP contribution in [-0.2, 0) is 4.79 Å². The van der Waals surface area contributed by atoms with Gasteiger partial charge in [0.2, 0.25) is 0 Å². The lowest BCUT2D eigenvalue weighted by atomic mass is 9.94. The molecule has 0 fully saturated rings. The molecule has 18 heavy (non-hydrogen) atoms. The Morgan fingerprint density at radius 3 is 2.89 bits per heavy atom. The number of fused-ring (bicyclic) bond motifs is 1. The van der Waals surface area contributed by atoms with E-state index in [-0.39, 0.29) is 0 Å². The topological polar surface area (TPSA) is 32.9 Å². The van der Waals surface area contributed by atoms with Crippen LogP contribution < -0.4 is 0 Å². The van der Waals surface area contributed by atoms with Crippen molar-refractivity contribution in [1.82, 2.24) is 4.98 Å². The summed E-state index contributed by atoms with van der Waals surface area (Å²) in [6, 6.07) is 8.27. The first-order valence-corrected chi connectivity index (χ1v) is 6.80. The van der Waals surface area contributed by atoms with Gasteiger partial charge in [-0.15, -0.1) is 0 Å². The highest BCUT2D eigenvalue weighted by Crippen LogP contribution is 2.28. The number of hydrogen-bond donors (Lipinski definition) is 1. The average molecular weight is 243 g/mol. The first-order valence-electron chi connectivity index (χ1n) is 6.80. The van der Waals surface area contributed by atoms with Crippen LogP contribution in [-0.4, -0.2) is 10.8 Å². The van der Waals surface area contributed by atoms with E-state index in [4.69, 9.17) is 0 Å². The van der Waals surface area contributed by atoms with Crippen molar-refractivity contribution in [2.45, 2.75) is 45.4 Å². The molecule has 2 aromatic rings. The van der Waals surface area contributed by atoms with Crippen LogP contribution >= 0.6 is 0 Å². The van der Waals surface area contributed by atoms with Crippen LogP contribution in [0, 0.1) is 0 Å². The van der Waals surface area contributed by atoms with Gasteiger partial charge in [0.1, 0.15) is 5.78 Å². The molecule has 0 amide bonds. The zero-order valence-corrected chi connectivity index (χ0v) is 11.2. The molecule has 1 aromatic heterocycles. The number of Topliss-reactive ketones (excluding diaryl/α,β-unsaturated/α-hetero) is 1. The maximum absolute atomic E-state index is 11.8. The Balaban J connectivity index is 2.09. The van der Waals surface area contributed by atoms with Gasteiger partial charge in [0.25, 0.3) is 0 Å². The van der Waals surface area contributed by atoms with Gasteiger partial charge in [0.15, 0.2) is 0 Å². The van der Waals surface area contributed by atoms with Gasteiger partial charge in [0.05, 0.1) is 0 Å². The van der Waals surface area contributed by atoms with E-state index in [9.17, 15) is 4.79 Å². The minimum absolute atomic E-state index is 0.297. The molecule has 0 aliphatic heterocycles. The van der Waals surface area contributed by atoms with Crippen LogP contribution in [0.3, 0.4) is 0 Å². The van der Waals surface area contributed by atoms with Crippen molar-refractivity contribution < 1.29 is 4.79 Å². The number of carbonyl (C=O) groups is 1. The molecule has 0 saturated carbocycles. The third-order valence-corrected chi connectivity index (χ3v) is 3.50. The summed E-state index contributed by atoms with van der Waals surface area (Å²) in [7, 11) is 0. The third-order valence-electron chi connectivity index (χ3n) is 3.50.